The first kappa shape index (κ1) is 13.6. The fourth-order valence-corrected chi connectivity index (χ4v) is 2.67. The Morgan fingerprint density at radius 1 is 1.39 bits per heavy atom. The summed E-state index contributed by atoms with van der Waals surface area (Å²) >= 11 is 5.86. The smallest absolute Gasteiger partial charge is 0.165 e. The van der Waals surface area contributed by atoms with E-state index >= 15 is 0 Å². The van der Waals surface area contributed by atoms with Crippen molar-refractivity contribution < 1.29 is 9.13 Å². The van der Waals surface area contributed by atoms with Gasteiger partial charge in [-0.3, -0.25) is 4.90 Å². The lowest BCUT2D eigenvalue weighted by Gasteiger charge is -2.31. The second-order valence-corrected chi connectivity index (χ2v) is 5.15. The minimum absolute atomic E-state index is 0.286. The van der Waals surface area contributed by atoms with Crippen LogP contribution < -0.4 is 4.74 Å². The van der Waals surface area contributed by atoms with E-state index in [0.29, 0.717) is 11.7 Å². The quantitative estimate of drug-likeness (QED) is 0.779. The van der Waals surface area contributed by atoms with E-state index in [1.807, 2.05) is 6.07 Å². The zero-order valence-electron chi connectivity index (χ0n) is 10.7. The molecule has 1 aromatic rings. The average molecular weight is 272 g/mol. The molecule has 0 saturated carbocycles. The zero-order chi connectivity index (χ0) is 13.0. The summed E-state index contributed by atoms with van der Waals surface area (Å²) in [7, 11) is 1.48. The van der Waals surface area contributed by atoms with Gasteiger partial charge < -0.3 is 4.74 Å². The Morgan fingerprint density at radius 3 is 2.67 bits per heavy atom. The predicted molar refractivity (Wildman–Crippen MR) is 71.7 cm³/mol. The van der Waals surface area contributed by atoms with Crippen molar-refractivity contribution in [2.75, 3.05) is 26.1 Å². The SMILES string of the molecule is COc1ccc(CN2CCC(CCl)CC2)cc1F. The monoisotopic (exact) mass is 271 g/mol. The molecule has 1 saturated heterocycles. The predicted octanol–water partition coefficient (Wildman–Crippen LogP) is 3.29. The molecule has 1 fully saturated rings. The summed E-state index contributed by atoms with van der Waals surface area (Å²) in [6, 6.07) is 5.18. The van der Waals surface area contributed by atoms with Gasteiger partial charge >= 0.3 is 0 Å². The van der Waals surface area contributed by atoms with Gasteiger partial charge in [-0.15, -0.1) is 11.6 Å². The van der Waals surface area contributed by atoms with Crippen LogP contribution >= 0.6 is 11.6 Å². The van der Waals surface area contributed by atoms with Gasteiger partial charge in [-0.05, 0) is 49.5 Å². The van der Waals surface area contributed by atoms with Crippen LogP contribution in [0.1, 0.15) is 18.4 Å². The second kappa shape index (κ2) is 6.39. The van der Waals surface area contributed by atoms with Crippen molar-refractivity contribution in [3.05, 3.63) is 29.6 Å². The molecule has 0 unspecified atom stereocenters. The first-order valence-corrected chi connectivity index (χ1v) is 6.87. The highest BCUT2D eigenvalue weighted by Gasteiger charge is 2.18. The highest BCUT2D eigenvalue weighted by molar-refractivity contribution is 6.18. The highest BCUT2D eigenvalue weighted by Crippen LogP contribution is 2.22. The van der Waals surface area contributed by atoms with Crippen molar-refractivity contribution in [2.24, 2.45) is 5.92 Å². The molecule has 0 bridgehead atoms. The van der Waals surface area contributed by atoms with Crippen molar-refractivity contribution in [2.45, 2.75) is 19.4 Å². The molecule has 1 aliphatic rings. The molecule has 0 amide bonds. The van der Waals surface area contributed by atoms with Gasteiger partial charge in [0, 0.05) is 12.4 Å². The summed E-state index contributed by atoms with van der Waals surface area (Å²) < 4.78 is 18.5. The number of alkyl halides is 1. The number of benzene rings is 1. The van der Waals surface area contributed by atoms with E-state index in [1.54, 1.807) is 12.1 Å². The van der Waals surface area contributed by atoms with Crippen LogP contribution in [0.15, 0.2) is 18.2 Å². The van der Waals surface area contributed by atoms with Gasteiger partial charge in [-0.1, -0.05) is 6.07 Å². The molecule has 0 radical (unpaired) electrons. The standard InChI is InChI=1S/C14H19ClFNO/c1-18-14-3-2-12(8-13(14)16)10-17-6-4-11(9-15)5-7-17/h2-3,8,11H,4-7,9-10H2,1H3. The van der Waals surface area contributed by atoms with E-state index in [9.17, 15) is 4.39 Å². The topological polar surface area (TPSA) is 12.5 Å². The number of halogens is 2. The number of methoxy groups -OCH3 is 1. The largest absolute Gasteiger partial charge is 0.494 e. The Kier molecular flexibility index (Phi) is 4.84. The number of hydrogen-bond acceptors (Lipinski definition) is 2. The van der Waals surface area contributed by atoms with Crippen LogP contribution in [0.5, 0.6) is 5.75 Å². The van der Waals surface area contributed by atoms with E-state index < -0.39 is 0 Å². The van der Waals surface area contributed by atoms with Gasteiger partial charge in [0.05, 0.1) is 7.11 Å². The number of likely N-dealkylation sites (tertiary alicyclic amines) is 1. The van der Waals surface area contributed by atoms with Crippen molar-refractivity contribution in [1.82, 2.24) is 4.90 Å². The zero-order valence-corrected chi connectivity index (χ0v) is 11.4. The third kappa shape index (κ3) is 3.36. The van der Waals surface area contributed by atoms with Gasteiger partial charge in [0.15, 0.2) is 11.6 Å². The van der Waals surface area contributed by atoms with E-state index in [2.05, 4.69) is 4.90 Å². The van der Waals surface area contributed by atoms with Crippen LogP contribution in [0.2, 0.25) is 0 Å². The van der Waals surface area contributed by atoms with Crippen LogP contribution in [0, 0.1) is 11.7 Å². The van der Waals surface area contributed by atoms with Crippen LogP contribution in [-0.2, 0) is 6.54 Å². The van der Waals surface area contributed by atoms with Gasteiger partial charge in [0.2, 0.25) is 0 Å². The van der Waals surface area contributed by atoms with E-state index in [-0.39, 0.29) is 5.82 Å². The molecule has 2 nitrogen and oxygen atoms in total. The molecule has 1 aliphatic heterocycles. The molecule has 0 aromatic heterocycles. The lowest BCUT2D eigenvalue weighted by molar-refractivity contribution is 0.186. The van der Waals surface area contributed by atoms with Crippen molar-refractivity contribution >= 4 is 11.6 Å². The fourth-order valence-electron chi connectivity index (χ4n) is 2.37. The Balaban J connectivity index is 1.92. The van der Waals surface area contributed by atoms with Crippen LogP contribution in [0.3, 0.4) is 0 Å². The highest BCUT2D eigenvalue weighted by atomic mass is 35.5. The molecule has 2 rings (SSSR count). The maximum Gasteiger partial charge on any atom is 0.165 e. The third-order valence-corrected chi connectivity index (χ3v) is 3.98. The van der Waals surface area contributed by atoms with Gasteiger partial charge in [0.1, 0.15) is 0 Å². The Labute approximate surface area is 113 Å². The van der Waals surface area contributed by atoms with Crippen molar-refractivity contribution in [1.29, 1.82) is 0 Å². The summed E-state index contributed by atoms with van der Waals surface area (Å²) in [6.07, 6.45) is 2.28. The maximum absolute atomic E-state index is 13.6. The molecule has 0 atom stereocenters. The molecule has 1 heterocycles. The first-order chi connectivity index (χ1) is 8.72. The van der Waals surface area contributed by atoms with Gasteiger partial charge in [-0.2, -0.15) is 0 Å². The summed E-state index contributed by atoms with van der Waals surface area (Å²) in [6.45, 7) is 2.89. The number of piperidine rings is 1. The van der Waals surface area contributed by atoms with Crippen LogP contribution in [-0.4, -0.2) is 31.0 Å². The molecule has 18 heavy (non-hydrogen) atoms. The molecular formula is C14H19ClFNO. The van der Waals surface area contributed by atoms with Crippen molar-refractivity contribution in [3.63, 3.8) is 0 Å². The van der Waals surface area contributed by atoms with Crippen LogP contribution in [0.25, 0.3) is 0 Å². The Hall–Kier alpha value is -0.800. The fraction of sp³-hybridized carbons (Fsp3) is 0.571. The molecule has 0 spiro atoms. The third-order valence-electron chi connectivity index (χ3n) is 3.55. The lowest BCUT2D eigenvalue weighted by atomic mass is 9.98. The summed E-state index contributed by atoms with van der Waals surface area (Å²) in [5, 5.41) is 0. The number of ether oxygens (including phenoxy) is 1. The number of nitrogens with zero attached hydrogens (tertiary/aromatic N) is 1. The van der Waals surface area contributed by atoms with Crippen molar-refractivity contribution in [3.8, 4) is 5.75 Å². The summed E-state index contributed by atoms with van der Waals surface area (Å²) in [5.41, 5.74) is 0.998. The minimum Gasteiger partial charge on any atom is -0.494 e. The molecule has 100 valence electrons. The maximum atomic E-state index is 13.6. The second-order valence-electron chi connectivity index (χ2n) is 4.84. The molecule has 4 heteroatoms. The normalized spacial score (nSPS) is 17.9. The van der Waals surface area contributed by atoms with E-state index in [4.69, 9.17) is 16.3 Å². The van der Waals surface area contributed by atoms with Crippen LogP contribution in [0.4, 0.5) is 4.39 Å². The first-order valence-electron chi connectivity index (χ1n) is 6.33. The summed E-state index contributed by atoms with van der Waals surface area (Å²) in [4.78, 5) is 2.35. The van der Waals surface area contributed by atoms with Gasteiger partial charge in [-0.25, -0.2) is 4.39 Å². The van der Waals surface area contributed by atoms with E-state index in [1.165, 1.54) is 7.11 Å². The number of rotatable bonds is 4. The molecule has 0 aliphatic carbocycles. The number of hydrogen-bond donors (Lipinski definition) is 0. The Bertz CT molecular complexity index is 391. The lowest BCUT2D eigenvalue weighted by Crippen LogP contribution is -2.33. The average Bonchev–Trinajstić information content (AvgIpc) is 2.40. The molecular weight excluding hydrogens is 253 g/mol. The van der Waals surface area contributed by atoms with E-state index in [0.717, 1.165) is 43.9 Å². The summed E-state index contributed by atoms with van der Waals surface area (Å²) in [5.74, 6) is 1.42. The van der Waals surface area contributed by atoms with Gasteiger partial charge in [0.25, 0.3) is 0 Å². The Morgan fingerprint density at radius 2 is 2.11 bits per heavy atom. The molecule has 1 aromatic carbocycles. The molecule has 0 N–H and O–H groups in total. The minimum atomic E-state index is -0.286.